The molecule has 1 atom stereocenters. The quantitative estimate of drug-likeness (QED) is 0.556. The molecule has 0 heterocycles. The van der Waals surface area contributed by atoms with Gasteiger partial charge in [-0.1, -0.05) is 74.0 Å². The molecule has 166 valence electrons. The molecule has 31 heavy (non-hydrogen) atoms. The number of carbonyl (C=O) groups is 2. The lowest BCUT2D eigenvalue weighted by Crippen LogP contribution is -2.36. The van der Waals surface area contributed by atoms with E-state index in [1.165, 1.54) is 0 Å². The van der Waals surface area contributed by atoms with Gasteiger partial charge in [-0.05, 0) is 43.9 Å². The molecule has 1 unspecified atom stereocenters. The molecule has 0 aromatic heterocycles. The molecule has 6 nitrogen and oxygen atoms in total. The van der Waals surface area contributed by atoms with Crippen molar-refractivity contribution in [2.24, 2.45) is 0 Å². The number of rotatable bonds is 8. The standard InChI is InChI=1S/C25H32N2O4/c1-5-12-21(17-26-23(28)30-18-19-13-8-6-9-14-19)22(20-15-10-7-11-16-20)27-24(29)31-25(2,3)4/h6-11,13-17,22H,5,12,18H2,1-4H3,(H,26,28)(H,27,29)/b21-17+. The summed E-state index contributed by atoms with van der Waals surface area (Å²) in [4.78, 5) is 24.7. The molecule has 0 bridgehead atoms. The first-order valence-electron chi connectivity index (χ1n) is 10.5. The molecular formula is C25H32N2O4. The Morgan fingerprint density at radius 1 is 0.968 bits per heavy atom. The van der Waals surface area contributed by atoms with Crippen molar-refractivity contribution < 1.29 is 19.1 Å². The van der Waals surface area contributed by atoms with Gasteiger partial charge >= 0.3 is 12.2 Å². The first-order chi connectivity index (χ1) is 14.8. The highest BCUT2D eigenvalue weighted by molar-refractivity contribution is 5.70. The van der Waals surface area contributed by atoms with Crippen molar-refractivity contribution in [2.75, 3.05) is 0 Å². The molecule has 0 fully saturated rings. The molecule has 2 aromatic carbocycles. The third kappa shape index (κ3) is 8.95. The van der Waals surface area contributed by atoms with E-state index >= 15 is 0 Å². The molecule has 2 amide bonds. The number of alkyl carbamates (subject to hydrolysis) is 2. The monoisotopic (exact) mass is 424 g/mol. The third-order valence-electron chi connectivity index (χ3n) is 4.29. The lowest BCUT2D eigenvalue weighted by molar-refractivity contribution is 0.0510. The Balaban J connectivity index is 2.14. The Morgan fingerprint density at radius 3 is 2.16 bits per heavy atom. The van der Waals surface area contributed by atoms with Crippen molar-refractivity contribution in [3.05, 3.63) is 83.6 Å². The second kappa shape index (κ2) is 11.8. The van der Waals surface area contributed by atoms with Crippen LogP contribution in [-0.4, -0.2) is 17.8 Å². The van der Waals surface area contributed by atoms with Gasteiger partial charge in [0, 0.05) is 6.20 Å². The number of amides is 2. The fraction of sp³-hybridized carbons (Fsp3) is 0.360. The van der Waals surface area contributed by atoms with E-state index in [4.69, 9.17) is 9.47 Å². The maximum Gasteiger partial charge on any atom is 0.411 e. The minimum absolute atomic E-state index is 0.182. The van der Waals surface area contributed by atoms with Crippen molar-refractivity contribution in [1.29, 1.82) is 0 Å². The van der Waals surface area contributed by atoms with E-state index < -0.39 is 23.8 Å². The summed E-state index contributed by atoms with van der Waals surface area (Å²) in [5.74, 6) is 0. The number of benzene rings is 2. The summed E-state index contributed by atoms with van der Waals surface area (Å²) in [6.07, 6.45) is 2.06. The summed E-state index contributed by atoms with van der Waals surface area (Å²) in [5.41, 5.74) is 2.03. The topological polar surface area (TPSA) is 76.7 Å². The zero-order valence-corrected chi connectivity index (χ0v) is 18.7. The van der Waals surface area contributed by atoms with E-state index in [1.54, 1.807) is 6.20 Å². The summed E-state index contributed by atoms with van der Waals surface area (Å²) in [6.45, 7) is 7.67. The Bertz CT molecular complexity index is 858. The van der Waals surface area contributed by atoms with Crippen LogP contribution in [0.5, 0.6) is 0 Å². The van der Waals surface area contributed by atoms with Gasteiger partial charge in [-0.25, -0.2) is 9.59 Å². The Hall–Kier alpha value is -3.28. The minimum atomic E-state index is -0.612. The van der Waals surface area contributed by atoms with Crippen molar-refractivity contribution in [1.82, 2.24) is 10.6 Å². The highest BCUT2D eigenvalue weighted by Gasteiger charge is 2.23. The second-order valence-electron chi connectivity index (χ2n) is 8.17. The summed E-state index contributed by atoms with van der Waals surface area (Å²) in [5, 5.41) is 5.63. The number of ether oxygens (including phenoxy) is 2. The van der Waals surface area contributed by atoms with Gasteiger partial charge in [0.15, 0.2) is 0 Å². The average Bonchev–Trinajstić information content (AvgIpc) is 2.74. The van der Waals surface area contributed by atoms with Gasteiger partial charge in [-0.3, -0.25) is 5.32 Å². The first-order valence-corrected chi connectivity index (χ1v) is 10.5. The van der Waals surface area contributed by atoms with Crippen molar-refractivity contribution in [2.45, 2.75) is 58.8 Å². The smallest absolute Gasteiger partial charge is 0.411 e. The van der Waals surface area contributed by atoms with Crippen LogP contribution >= 0.6 is 0 Å². The second-order valence-corrected chi connectivity index (χ2v) is 8.17. The van der Waals surface area contributed by atoms with Crippen LogP contribution in [-0.2, 0) is 16.1 Å². The van der Waals surface area contributed by atoms with E-state index in [0.717, 1.165) is 23.1 Å². The van der Waals surface area contributed by atoms with Crippen molar-refractivity contribution in [3.8, 4) is 0 Å². The van der Waals surface area contributed by atoms with Gasteiger partial charge < -0.3 is 14.8 Å². The van der Waals surface area contributed by atoms with Crippen LogP contribution in [0.3, 0.4) is 0 Å². The Labute approximate surface area is 184 Å². The van der Waals surface area contributed by atoms with Gasteiger partial charge in [0.05, 0.1) is 6.04 Å². The predicted molar refractivity (Wildman–Crippen MR) is 121 cm³/mol. The van der Waals surface area contributed by atoms with E-state index in [9.17, 15) is 9.59 Å². The molecule has 0 aliphatic carbocycles. The summed E-state index contributed by atoms with van der Waals surface area (Å²) in [6, 6.07) is 18.6. The molecule has 2 rings (SSSR count). The Morgan fingerprint density at radius 2 is 1.58 bits per heavy atom. The van der Waals surface area contributed by atoms with Crippen LogP contribution in [0.1, 0.15) is 57.7 Å². The first kappa shape index (κ1) is 24.0. The predicted octanol–water partition coefficient (Wildman–Crippen LogP) is 5.86. The molecular weight excluding hydrogens is 392 g/mol. The molecule has 0 saturated heterocycles. The van der Waals surface area contributed by atoms with E-state index in [2.05, 4.69) is 10.6 Å². The molecule has 0 aliphatic rings. The fourth-order valence-corrected chi connectivity index (χ4v) is 2.97. The largest absolute Gasteiger partial charge is 0.444 e. The van der Waals surface area contributed by atoms with E-state index in [-0.39, 0.29) is 6.61 Å². The third-order valence-corrected chi connectivity index (χ3v) is 4.29. The normalized spacial score (nSPS) is 12.6. The van der Waals surface area contributed by atoms with Crippen molar-refractivity contribution in [3.63, 3.8) is 0 Å². The number of hydrogen-bond donors (Lipinski definition) is 2. The molecule has 0 spiro atoms. The van der Waals surface area contributed by atoms with Gasteiger partial charge in [0.25, 0.3) is 0 Å². The molecule has 0 aliphatic heterocycles. The van der Waals surface area contributed by atoms with Crippen LogP contribution < -0.4 is 10.6 Å². The maximum atomic E-state index is 12.5. The summed E-state index contributed by atoms with van der Waals surface area (Å²) < 4.78 is 10.7. The number of carbonyl (C=O) groups excluding carboxylic acids is 2. The van der Waals surface area contributed by atoms with Gasteiger partial charge in [0.2, 0.25) is 0 Å². The molecule has 0 radical (unpaired) electrons. The van der Waals surface area contributed by atoms with Gasteiger partial charge in [0.1, 0.15) is 12.2 Å². The van der Waals surface area contributed by atoms with Gasteiger partial charge in [-0.2, -0.15) is 0 Å². The van der Waals surface area contributed by atoms with Crippen LogP contribution in [0, 0.1) is 0 Å². The summed E-state index contributed by atoms with van der Waals surface area (Å²) in [7, 11) is 0. The molecule has 2 N–H and O–H groups in total. The van der Waals surface area contributed by atoms with Crippen LogP contribution in [0.4, 0.5) is 9.59 Å². The van der Waals surface area contributed by atoms with E-state index in [1.807, 2.05) is 88.4 Å². The zero-order valence-electron chi connectivity index (χ0n) is 18.7. The van der Waals surface area contributed by atoms with Gasteiger partial charge in [-0.15, -0.1) is 0 Å². The van der Waals surface area contributed by atoms with Crippen LogP contribution in [0.25, 0.3) is 0 Å². The fourth-order valence-electron chi connectivity index (χ4n) is 2.97. The Kier molecular flexibility index (Phi) is 9.13. The maximum absolute atomic E-state index is 12.5. The lowest BCUT2D eigenvalue weighted by atomic mass is 9.96. The van der Waals surface area contributed by atoms with Crippen LogP contribution in [0.2, 0.25) is 0 Å². The minimum Gasteiger partial charge on any atom is -0.444 e. The zero-order chi connectivity index (χ0) is 22.7. The van der Waals surface area contributed by atoms with Crippen LogP contribution in [0.15, 0.2) is 72.4 Å². The highest BCUT2D eigenvalue weighted by Crippen LogP contribution is 2.25. The number of hydrogen-bond acceptors (Lipinski definition) is 4. The molecule has 6 heteroatoms. The highest BCUT2D eigenvalue weighted by atomic mass is 16.6. The average molecular weight is 425 g/mol. The van der Waals surface area contributed by atoms with Crippen molar-refractivity contribution >= 4 is 12.2 Å². The lowest BCUT2D eigenvalue weighted by Gasteiger charge is -2.25. The number of nitrogens with one attached hydrogen (secondary N) is 2. The molecule has 2 aromatic rings. The SMILES string of the molecule is CCC/C(=C\NC(=O)OCc1ccccc1)C(NC(=O)OC(C)(C)C)c1ccccc1. The summed E-state index contributed by atoms with van der Waals surface area (Å²) >= 11 is 0. The van der Waals surface area contributed by atoms with E-state index in [0.29, 0.717) is 6.42 Å². The molecule has 0 saturated carbocycles.